The molecule has 100 valence electrons. The van der Waals surface area contributed by atoms with E-state index in [0.717, 1.165) is 18.9 Å². The van der Waals surface area contributed by atoms with E-state index in [0.29, 0.717) is 13.1 Å². The Morgan fingerprint density at radius 3 is 2.94 bits per heavy atom. The van der Waals surface area contributed by atoms with Gasteiger partial charge >= 0.3 is 6.18 Å². The average molecular weight is 259 g/mol. The van der Waals surface area contributed by atoms with Gasteiger partial charge in [-0.15, -0.1) is 0 Å². The number of hydrogen-bond donors (Lipinski definition) is 1. The van der Waals surface area contributed by atoms with Crippen molar-refractivity contribution in [2.24, 2.45) is 0 Å². The molecule has 18 heavy (non-hydrogen) atoms. The molecule has 0 radical (unpaired) electrons. The Balaban J connectivity index is 2.33. The Morgan fingerprint density at radius 2 is 2.28 bits per heavy atom. The highest BCUT2D eigenvalue weighted by atomic mass is 19.4. The molecule has 0 spiro atoms. The van der Waals surface area contributed by atoms with Crippen LogP contribution in [0.3, 0.4) is 0 Å². The molecule has 0 aliphatic carbocycles. The maximum atomic E-state index is 12.9. The zero-order valence-corrected chi connectivity index (χ0v) is 10.2. The fraction of sp³-hybridized carbons (Fsp3) is 0.583. The lowest BCUT2D eigenvalue weighted by Gasteiger charge is -2.27. The molecule has 1 aliphatic heterocycles. The number of nitrogens with one attached hydrogen (secondary N) is 1. The van der Waals surface area contributed by atoms with Crippen molar-refractivity contribution >= 4 is 5.82 Å². The van der Waals surface area contributed by atoms with E-state index < -0.39 is 11.7 Å². The molecule has 0 saturated carbocycles. The lowest BCUT2D eigenvalue weighted by Crippen LogP contribution is -2.38. The van der Waals surface area contributed by atoms with Crippen molar-refractivity contribution in [3.05, 3.63) is 23.9 Å². The van der Waals surface area contributed by atoms with Gasteiger partial charge in [0, 0.05) is 25.3 Å². The molecule has 2 heterocycles. The van der Waals surface area contributed by atoms with Crippen LogP contribution in [-0.4, -0.2) is 31.2 Å². The van der Waals surface area contributed by atoms with Crippen LogP contribution in [0.4, 0.5) is 19.0 Å². The van der Waals surface area contributed by atoms with Gasteiger partial charge in [0.2, 0.25) is 0 Å². The van der Waals surface area contributed by atoms with E-state index in [2.05, 4.69) is 10.3 Å². The highest BCUT2D eigenvalue weighted by Crippen LogP contribution is 2.37. The summed E-state index contributed by atoms with van der Waals surface area (Å²) in [6, 6.07) is 2.51. The second-order valence-electron chi connectivity index (χ2n) is 4.42. The molecule has 0 amide bonds. The maximum Gasteiger partial charge on any atom is 0.419 e. The van der Waals surface area contributed by atoms with Gasteiger partial charge in [0.05, 0.1) is 5.56 Å². The zero-order chi connectivity index (χ0) is 13.2. The number of pyridine rings is 1. The van der Waals surface area contributed by atoms with Crippen LogP contribution in [0.5, 0.6) is 0 Å². The predicted molar refractivity (Wildman–Crippen MR) is 63.5 cm³/mol. The Kier molecular flexibility index (Phi) is 3.75. The molecule has 0 bridgehead atoms. The monoisotopic (exact) mass is 259 g/mol. The summed E-state index contributed by atoms with van der Waals surface area (Å²) >= 11 is 0. The number of nitrogens with zero attached hydrogens (tertiary/aromatic N) is 2. The van der Waals surface area contributed by atoms with E-state index in [-0.39, 0.29) is 11.9 Å². The molecule has 1 fully saturated rings. The normalized spacial score (nSPS) is 20.4. The van der Waals surface area contributed by atoms with Gasteiger partial charge in [0.15, 0.2) is 0 Å². The molecule has 1 unspecified atom stereocenters. The van der Waals surface area contributed by atoms with Crippen LogP contribution >= 0.6 is 0 Å². The van der Waals surface area contributed by atoms with Gasteiger partial charge in [0.1, 0.15) is 5.82 Å². The van der Waals surface area contributed by atoms with E-state index in [4.69, 9.17) is 0 Å². The van der Waals surface area contributed by atoms with Crippen molar-refractivity contribution in [3.8, 4) is 0 Å². The number of aromatic nitrogens is 1. The smallest absolute Gasteiger partial charge is 0.352 e. The lowest BCUT2D eigenvalue weighted by molar-refractivity contribution is -0.137. The third-order valence-electron chi connectivity index (χ3n) is 3.18. The number of halogens is 3. The van der Waals surface area contributed by atoms with Gasteiger partial charge in [-0.1, -0.05) is 0 Å². The van der Waals surface area contributed by atoms with Crippen LogP contribution in [0.2, 0.25) is 0 Å². The molecule has 1 atom stereocenters. The predicted octanol–water partition coefficient (Wildman–Crippen LogP) is 2.29. The van der Waals surface area contributed by atoms with Crippen molar-refractivity contribution < 1.29 is 13.2 Å². The van der Waals surface area contributed by atoms with Crippen LogP contribution in [0.15, 0.2) is 18.3 Å². The summed E-state index contributed by atoms with van der Waals surface area (Å²) < 4.78 is 38.8. The summed E-state index contributed by atoms with van der Waals surface area (Å²) in [5.74, 6) is 0.0581. The molecule has 1 saturated heterocycles. The largest absolute Gasteiger partial charge is 0.419 e. The molecular formula is C12H16F3N3. The van der Waals surface area contributed by atoms with Gasteiger partial charge in [-0.3, -0.25) is 0 Å². The number of likely N-dealkylation sites (N-methyl/N-ethyl adjacent to an activating group) is 1. The minimum atomic E-state index is -4.35. The van der Waals surface area contributed by atoms with Crippen molar-refractivity contribution in [1.82, 2.24) is 10.3 Å². The summed E-state index contributed by atoms with van der Waals surface area (Å²) in [6.07, 6.45) is -1.13. The van der Waals surface area contributed by atoms with Crippen molar-refractivity contribution in [2.45, 2.75) is 25.1 Å². The number of anilines is 1. The first-order chi connectivity index (χ1) is 8.54. The fourth-order valence-electron chi connectivity index (χ4n) is 2.41. The second kappa shape index (κ2) is 5.14. The zero-order valence-electron chi connectivity index (χ0n) is 10.2. The molecule has 1 aromatic rings. The van der Waals surface area contributed by atoms with Crippen LogP contribution in [-0.2, 0) is 6.18 Å². The van der Waals surface area contributed by atoms with Crippen molar-refractivity contribution in [3.63, 3.8) is 0 Å². The van der Waals surface area contributed by atoms with E-state index in [1.54, 1.807) is 11.9 Å². The average Bonchev–Trinajstić information content (AvgIpc) is 2.77. The summed E-state index contributed by atoms with van der Waals surface area (Å²) in [4.78, 5) is 5.70. The summed E-state index contributed by atoms with van der Waals surface area (Å²) in [7, 11) is 1.81. The van der Waals surface area contributed by atoms with Crippen molar-refractivity contribution in [1.29, 1.82) is 0 Å². The number of hydrogen-bond acceptors (Lipinski definition) is 3. The van der Waals surface area contributed by atoms with Crippen molar-refractivity contribution in [2.75, 3.05) is 25.0 Å². The molecule has 1 N–H and O–H groups in total. The topological polar surface area (TPSA) is 28.2 Å². The van der Waals surface area contributed by atoms with Gasteiger partial charge in [0.25, 0.3) is 0 Å². The highest BCUT2D eigenvalue weighted by Gasteiger charge is 2.37. The minimum absolute atomic E-state index is 0.0581. The quantitative estimate of drug-likeness (QED) is 0.902. The summed E-state index contributed by atoms with van der Waals surface area (Å²) in [5.41, 5.74) is -0.645. The molecule has 1 aromatic heterocycles. The van der Waals surface area contributed by atoms with Gasteiger partial charge in [-0.25, -0.2) is 4.98 Å². The van der Waals surface area contributed by atoms with Crippen LogP contribution < -0.4 is 10.2 Å². The SMILES string of the molecule is CNCC1CCCN1c1ncccc1C(F)(F)F. The highest BCUT2D eigenvalue weighted by molar-refractivity contribution is 5.50. The molecule has 6 heteroatoms. The fourth-order valence-corrected chi connectivity index (χ4v) is 2.41. The molecular weight excluding hydrogens is 243 g/mol. The third kappa shape index (κ3) is 2.58. The summed E-state index contributed by atoms with van der Waals surface area (Å²) in [5, 5.41) is 3.02. The standard InChI is InChI=1S/C12H16F3N3/c1-16-8-9-4-3-7-18(9)11-10(12(13,14)15)5-2-6-17-11/h2,5-6,9,16H,3-4,7-8H2,1H3. The summed E-state index contributed by atoms with van der Waals surface area (Å²) in [6.45, 7) is 1.31. The lowest BCUT2D eigenvalue weighted by atomic mass is 10.2. The van der Waals surface area contributed by atoms with E-state index in [1.807, 2.05) is 0 Å². The first-order valence-corrected chi connectivity index (χ1v) is 5.97. The first kappa shape index (κ1) is 13.1. The first-order valence-electron chi connectivity index (χ1n) is 5.97. The molecule has 2 rings (SSSR count). The Hall–Kier alpha value is -1.30. The van der Waals surface area contributed by atoms with E-state index in [9.17, 15) is 13.2 Å². The van der Waals surface area contributed by atoms with Crippen LogP contribution in [0, 0.1) is 0 Å². The Morgan fingerprint density at radius 1 is 1.50 bits per heavy atom. The maximum absolute atomic E-state index is 12.9. The number of alkyl halides is 3. The Labute approximate surface area is 104 Å². The molecule has 0 aromatic carbocycles. The van der Waals surface area contributed by atoms with E-state index >= 15 is 0 Å². The van der Waals surface area contributed by atoms with Crippen LogP contribution in [0.25, 0.3) is 0 Å². The van der Waals surface area contributed by atoms with E-state index in [1.165, 1.54) is 12.3 Å². The third-order valence-corrected chi connectivity index (χ3v) is 3.18. The van der Waals surface area contributed by atoms with Gasteiger partial charge < -0.3 is 10.2 Å². The molecule has 3 nitrogen and oxygen atoms in total. The van der Waals surface area contributed by atoms with Crippen LogP contribution in [0.1, 0.15) is 18.4 Å². The second-order valence-corrected chi connectivity index (χ2v) is 4.42. The molecule has 1 aliphatic rings. The van der Waals surface area contributed by atoms with Gasteiger partial charge in [-0.05, 0) is 32.0 Å². The van der Waals surface area contributed by atoms with Gasteiger partial charge in [-0.2, -0.15) is 13.2 Å². The Bertz CT molecular complexity index is 406. The minimum Gasteiger partial charge on any atom is -0.352 e. The number of rotatable bonds is 3.